The van der Waals surface area contributed by atoms with E-state index in [2.05, 4.69) is 15.1 Å². The van der Waals surface area contributed by atoms with Crippen molar-refractivity contribution in [2.24, 2.45) is 15.9 Å². The Balaban J connectivity index is 3.09. The van der Waals surface area contributed by atoms with Crippen molar-refractivity contribution in [2.45, 2.75) is 0 Å². The van der Waals surface area contributed by atoms with Gasteiger partial charge in [-0.2, -0.15) is 0 Å². The normalized spacial score (nSPS) is 11.9. The van der Waals surface area contributed by atoms with Gasteiger partial charge in [0.2, 0.25) is 0 Å². The summed E-state index contributed by atoms with van der Waals surface area (Å²) in [7, 11) is 0. The Bertz CT molecular complexity index is 363. The lowest BCUT2D eigenvalue weighted by molar-refractivity contribution is 0.240. The van der Waals surface area contributed by atoms with Crippen LogP contribution in [0.2, 0.25) is 0 Å². The highest BCUT2D eigenvalue weighted by molar-refractivity contribution is 6.00. The zero-order valence-corrected chi connectivity index (χ0v) is 7.12. The van der Waals surface area contributed by atoms with Crippen LogP contribution in [0.4, 0.5) is 5.82 Å². The van der Waals surface area contributed by atoms with E-state index in [4.69, 9.17) is 16.1 Å². The van der Waals surface area contributed by atoms with Crippen LogP contribution in [0.5, 0.6) is 0 Å². The Morgan fingerprint density at radius 2 is 2.43 bits per heavy atom. The standard InChI is InChI=1S/C7H9N5O2/c8-6(12-14)5-2-1-3-9-7(5)10-4-11-13/h1-4,13-14H,(H2,8,12)(H,9,10,11). The van der Waals surface area contributed by atoms with Gasteiger partial charge >= 0.3 is 0 Å². The van der Waals surface area contributed by atoms with Gasteiger partial charge in [0.15, 0.2) is 11.7 Å². The number of amidine groups is 1. The number of nitrogens with two attached hydrogens (primary N) is 1. The zero-order valence-electron chi connectivity index (χ0n) is 7.12. The van der Waals surface area contributed by atoms with Gasteiger partial charge in [-0.3, -0.25) is 10.7 Å². The lowest BCUT2D eigenvalue weighted by Crippen LogP contribution is -2.14. The first-order chi connectivity index (χ1) is 6.79. The second kappa shape index (κ2) is 4.77. The van der Waals surface area contributed by atoms with Gasteiger partial charge in [-0.1, -0.05) is 5.16 Å². The number of oxime groups is 1. The lowest BCUT2D eigenvalue weighted by Gasteiger charge is -2.00. The maximum absolute atomic E-state index is 8.46. The summed E-state index contributed by atoms with van der Waals surface area (Å²) in [5.74, 6) is 0.146. The molecule has 0 atom stereocenters. The molecular formula is C7H9N5O2. The van der Waals surface area contributed by atoms with E-state index >= 15 is 0 Å². The van der Waals surface area contributed by atoms with Crippen molar-refractivity contribution in [3.63, 3.8) is 0 Å². The van der Waals surface area contributed by atoms with Gasteiger partial charge in [-0.15, -0.1) is 0 Å². The van der Waals surface area contributed by atoms with E-state index < -0.39 is 0 Å². The summed E-state index contributed by atoms with van der Waals surface area (Å²) in [6.45, 7) is 0. The van der Waals surface area contributed by atoms with Gasteiger partial charge in [0.1, 0.15) is 6.34 Å². The van der Waals surface area contributed by atoms with Crippen LogP contribution in [0.15, 0.2) is 28.5 Å². The Hall–Kier alpha value is -2.15. The number of pyridine rings is 1. The highest BCUT2D eigenvalue weighted by Gasteiger charge is 2.05. The summed E-state index contributed by atoms with van der Waals surface area (Å²) in [4.78, 5) is 7.59. The summed E-state index contributed by atoms with van der Waals surface area (Å²) in [6, 6.07) is 3.21. The molecule has 0 saturated carbocycles. The molecule has 1 aromatic rings. The van der Waals surface area contributed by atoms with E-state index in [0.29, 0.717) is 5.56 Å². The van der Waals surface area contributed by atoms with Crippen LogP contribution < -0.4 is 11.2 Å². The van der Waals surface area contributed by atoms with Crippen LogP contribution in [0.1, 0.15) is 5.56 Å². The summed E-state index contributed by atoms with van der Waals surface area (Å²) < 4.78 is 0. The number of hydroxylamine groups is 1. The first-order valence-electron chi connectivity index (χ1n) is 3.64. The molecule has 0 amide bonds. The third kappa shape index (κ3) is 2.17. The van der Waals surface area contributed by atoms with E-state index in [1.165, 1.54) is 6.20 Å². The second-order valence-electron chi connectivity index (χ2n) is 2.25. The smallest absolute Gasteiger partial charge is 0.173 e. The van der Waals surface area contributed by atoms with Crippen molar-refractivity contribution < 1.29 is 10.4 Å². The number of rotatable bonds is 3. The van der Waals surface area contributed by atoms with Crippen LogP contribution in [-0.4, -0.2) is 27.6 Å². The van der Waals surface area contributed by atoms with Gasteiger partial charge in [0.05, 0.1) is 5.56 Å². The second-order valence-corrected chi connectivity index (χ2v) is 2.25. The molecule has 74 valence electrons. The van der Waals surface area contributed by atoms with Crippen LogP contribution in [-0.2, 0) is 0 Å². The molecule has 14 heavy (non-hydrogen) atoms. The van der Waals surface area contributed by atoms with Crippen molar-refractivity contribution in [2.75, 3.05) is 0 Å². The number of aliphatic imine (C=N–C) groups is 1. The van der Waals surface area contributed by atoms with Crippen LogP contribution in [0.3, 0.4) is 0 Å². The van der Waals surface area contributed by atoms with Gasteiger partial charge in [-0.05, 0) is 12.1 Å². The van der Waals surface area contributed by atoms with Gasteiger partial charge in [-0.25, -0.2) is 9.98 Å². The minimum absolute atomic E-state index is 0.0943. The molecule has 0 aromatic carbocycles. The minimum atomic E-state index is -0.0943. The van der Waals surface area contributed by atoms with E-state index in [1.807, 2.05) is 0 Å². The molecule has 0 aliphatic heterocycles. The van der Waals surface area contributed by atoms with Crippen LogP contribution >= 0.6 is 0 Å². The molecule has 0 spiro atoms. The molecule has 1 heterocycles. The summed E-state index contributed by atoms with van der Waals surface area (Å²) in [5.41, 5.74) is 7.47. The SMILES string of the molecule is N/C(=N\O)c1cccnc1/N=C/NO. The predicted molar refractivity (Wildman–Crippen MR) is 49.8 cm³/mol. The average molecular weight is 195 g/mol. The number of nitrogens with zero attached hydrogens (tertiary/aromatic N) is 3. The fraction of sp³-hybridized carbons (Fsp3) is 0. The molecule has 1 rings (SSSR count). The fourth-order valence-corrected chi connectivity index (χ4v) is 0.844. The van der Waals surface area contributed by atoms with Crippen molar-refractivity contribution in [3.05, 3.63) is 23.9 Å². The topological polar surface area (TPSA) is 116 Å². The van der Waals surface area contributed by atoms with Gasteiger partial charge in [0.25, 0.3) is 0 Å². The first kappa shape index (κ1) is 9.93. The van der Waals surface area contributed by atoms with Gasteiger partial charge < -0.3 is 10.9 Å². The Kier molecular flexibility index (Phi) is 3.39. The minimum Gasteiger partial charge on any atom is -0.409 e. The molecular weight excluding hydrogens is 186 g/mol. The molecule has 7 heteroatoms. The quantitative estimate of drug-likeness (QED) is 0.231. The van der Waals surface area contributed by atoms with E-state index in [-0.39, 0.29) is 11.7 Å². The highest BCUT2D eigenvalue weighted by atomic mass is 16.5. The Labute approximate surface area is 79.6 Å². The zero-order chi connectivity index (χ0) is 10.4. The average Bonchev–Trinajstić information content (AvgIpc) is 2.25. The monoisotopic (exact) mass is 195 g/mol. The molecule has 0 unspecified atom stereocenters. The van der Waals surface area contributed by atoms with Crippen molar-refractivity contribution in [1.29, 1.82) is 0 Å². The molecule has 0 radical (unpaired) electrons. The number of aromatic nitrogens is 1. The Morgan fingerprint density at radius 3 is 3.07 bits per heavy atom. The third-order valence-corrected chi connectivity index (χ3v) is 1.41. The molecule has 0 aliphatic rings. The molecule has 0 bridgehead atoms. The van der Waals surface area contributed by atoms with Crippen molar-refractivity contribution >= 4 is 18.0 Å². The van der Waals surface area contributed by atoms with E-state index in [9.17, 15) is 0 Å². The van der Waals surface area contributed by atoms with E-state index in [0.717, 1.165) is 6.34 Å². The summed E-state index contributed by atoms with van der Waals surface area (Å²) >= 11 is 0. The maximum atomic E-state index is 8.46. The largest absolute Gasteiger partial charge is 0.409 e. The molecule has 0 aliphatic carbocycles. The summed E-state index contributed by atoms with van der Waals surface area (Å²) in [6.07, 6.45) is 2.52. The molecule has 7 nitrogen and oxygen atoms in total. The first-order valence-corrected chi connectivity index (χ1v) is 3.64. The van der Waals surface area contributed by atoms with Crippen LogP contribution in [0, 0.1) is 0 Å². The van der Waals surface area contributed by atoms with Crippen LogP contribution in [0.25, 0.3) is 0 Å². The number of hydrogen-bond acceptors (Lipinski definition) is 5. The number of nitrogens with one attached hydrogen (secondary N) is 1. The molecule has 5 N–H and O–H groups in total. The van der Waals surface area contributed by atoms with Crippen molar-refractivity contribution in [1.82, 2.24) is 10.5 Å². The highest BCUT2D eigenvalue weighted by Crippen LogP contribution is 2.13. The fourth-order valence-electron chi connectivity index (χ4n) is 0.844. The maximum Gasteiger partial charge on any atom is 0.173 e. The molecule has 1 aromatic heterocycles. The van der Waals surface area contributed by atoms with E-state index in [1.54, 1.807) is 17.6 Å². The predicted octanol–water partition coefficient (Wildman–Crippen LogP) is -0.185. The lowest BCUT2D eigenvalue weighted by atomic mass is 10.2. The van der Waals surface area contributed by atoms with Gasteiger partial charge in [0, 0.05) is 6.20 Å². The number of hydrogen-bond donors (Lipinski definition) is 4. The third-order valence-electron chi connectivity index (χ3n) is 1.41. The molecule has 0 saturated heterocycles. The Morgan fingerprint density at radius 1 is 1.64 bits per heavy atom. The van der Waals surface area contributed by atoms with Crippen molar-refractivity contribution in [3.8, 4) is 0 Å². The summed E-state index contributed by atoms with van der Waals surface area (Å²) in [5, 5.41) is 19.6. The molecule has 0 fully saturated rings.